The second kappa shape index (κ2) is 3.83. The zero-order valence-electron chi connectivity index (χ0n) is 9.24. The highest BCUT2D eigenvalue weighted by Gasteiger charge is 2.12. The number of aromatic hydroxyl groups is 1. The molecule has 2 N–H and O–H groups in total. The molecular formula is C13H16N2O. The standard InChI is InChI=1S/C13H16N2O/c16-12-4-3-10-7-11(14-13(10)8-12)9-15-5-1-2-6-15/h3-4,7-8,14,16H,1-2,5-6,9H2. The molecule has 0 bridgehead atoms. The number of hydrogen-bond donors (Lipinski definition) is 2. The number of aromatic nitrogens is 1. The normalized spacial score (nSPS) is 17.2. The molecule has 1 fully saturated rings. The Kier molecular flexibility index (Phi) is 2.33. The summed E-state index contributed by atoms with van der Waals surface area (Å²) in [6.45, 7) is 3.41. The third-order valence-corrected chi connectivity index (χ3v) is 3.25. The Balaban J connectivity index is 1.86. The molecule has 1 aliphatic rings. The van der Waals surface area contributed by atoms with Crippen LogP contribution in [-0.2, 0) is 6.54 Å². The molecular weight excluding hydrogens is 200 g/mol. The molecule has 0 aliphatic carbocycles. The minimum atomic E-state index is 0.321. The van der Waals surface area contributed by atoms with E-state index < -0.39 is 0 Å². The summed E-state index contributed by atoms with van der Waals surface area (Å²) in [6, 6.07) is 7.64. The van der Waals surface area contributed by atoms with Crippen LogP contribution in [0.25, 0.3) is 10.9 Å². The van der Waals surface area contributed by atoms with E-state index in [-0.39, 0.29) is 0 Å². The van der Waals surface area contributed by atoms with Gasteiger partial charge in [-0.25, -0.2) is 0 Å². The molecule has 3 nitrogen and oxygen atoms in total. The quantitative estimate of drug-likeness (QED) is 0.809. The molecule has 0 spiro atoms. The summed E-state index contributed by atoms with van der Waals surface area (Å²) in [5.74, 6) is 0.321. The van der Waals surface area contributed by atoms with Crippen molar-refractivity contribution in [2.45, 2.75) is 19.4 Å². The zero-order valence-corrected chi connectivity index (χ0v) is 9.24. The molecule has 1 aliphatic heterocycles. The highest BCUT2D eigenvalue weighted by Crippen LogP contribution is 2.21. The monoisotopic (exact) mass is 216 g/mol. The second-order valence-electron chi connectivity index (χ2n) is 4.55. The van der Waals surface area contributed by atoms with E-state index in [1.54, 1.807) is 12.1 Å². The van der Waals surface area contributed by atoms with Crippen molar-refractivity contribution in [3.63, 3.8) is 0 Å². The van der Waals surface area contributed by atoms with Gasteiger partial charge in [0.2, 0.25) is 0 Å². The number of phenols is 1. The fourth-order valence-electron chi connectivity index (χ4n) is 2.44. The molecule has 0 saturated carbocycles. The predicted molar refractivity (Wildman–Crippen MR) is 64.5 cm³/mol. The maximum Gasteiger partial charge on any atom is 0.117 e. The summed E-state index contributed by atoms with van der Waals surface area (Å²) in [7, 11) is 0. The maximum absolute atomic E-state index is 9.39. The number of rotatable bonds is 2. The molecule has 0 radical (unpaired) electrons. The summed E-state index contributed by atoms with van der Waals surface area (Å²) in [5, 5.41) is 10.6. The van der Waals surface area contributed by atoms with Crippen molar-refractivity contribution >= 4 is 10.9 Å². The van der Waals surface area contributed by atoms with Gasteiger partial charge < -0.3 is 10.1 Å². The molecule has 0 amide bonds. The average molecular weight is 216 g/mol. The predicted octanol–water partition coefficient (Wildman–Crippen LogP) is 2.47. The van der Waals surface area contributed by atoms with Crippen LogP contribution in [0.4, 0.5) is 0 Å². The van der Waals surface area contributed by atoms with Gasteiger partial charge in [0.05, 0.1) is 0 Å². The number of nitrogens with zero attached hydrogens (tertiary/aromatic N) is 1. The Morgan fingerprint density at radius 2 is 2.00 bits per heavy atom. The van der Waals surface area contributed by atoms with E-state index in [4.69, 9.17) is 0 Å². The molecule has 1 aromatic heterocycles. The Bertz CT molecular complexity index is 498. The molecule has 0 unspecified atom stereocenters. The fourth-order valence-corrected chi connectivity index (χ4v) is 2.44. The van der Waals surface area contributed by atoms with E-state index in [9.17, 15) is 5.11 Å². The molecule has 3 rings (SSSR count). The van der Waals surface area contributed by atoms with Crippen LogP contribution in [0.3, 0.4) is 0 Å². The molecule has 2 aromatic rings. The summed E-state index contributed by atoms with van der Waals surface area (Å²) < 4.78 is 0. The van der Waals surface area contributed by atoms with Crippen molar-refractivity contribution < 1.29 is 5.11 Å². The average Bonchev–Trinajstić information content (AvgIpc) is 2.86. The number of H-pyrrole nitrogens is 1. The first-order valence-electron chi connectivity index (χ1n) is 5.84. The number of hydrogen-bond acceptors (Lipinski definition) is 2. The van der Waals surface area contributed by atoms with Gasteiger partial charge >= 0.3 is 0 Å². The Morgan fingerprint density at radius 1 is 1.19 bits per heavy atom. The molecule has 2 heterocycles. The summed E-state index contributed by atoms with van der Waals surface area (Å²) >= 11 is 0. The van der Waals surface area contributed by atoms with Gasteiger partial charge in [-0.1, -0.05) is 0 Å². The van der Waals surface area contributed by atoms with Crippen molar-refractivity contribution in [1.29, 1.82) is 0 Å². The van der Waals surface area contributed by atoms with E-state index in [1.165, 1.54) is 37.0 Å². The number of nitrogens with one attached hydrogen (secondary N) is 1. The molecule has 84 valence electrons. The van der Waals surface area contributed by atoms with Gasteiger partial charge in [0.15, 0.2) is 0 Å². The van der Waals surface area contributed by atoms with E-state index in [2.05, 4.69) is 16.0 Å². The van der Waals surface area contributed by atoms with Gasteiger partial charge in [0.25, 0.3) is 0 Å². The van der Waals surface area contributed by atoms with E-state index in [0.29, 0.717) is 5.75 Å². The van der Waals surface area contributed by atoms with Crippen LogP contribution in [0.2, 0.25) is 0 Å². The number of fused-ring (bicyclic) bond motifs is 1. The van der Waals surface area contributed by atoms with Crippen LogP contribution >= 0.6 is 0 Å². The lowest BCUT2D eigenvalue weighted by Crippen LogP contribution is -2.18. The molecule has 16 heavy (non-hydrogen) atoms. The van der Waals surface area contributed by atoms with Gasteiger partial charge in [-0.2, -0.15) is 0 Å². The van der Waals surface area contributed by atoms with Crippen molar-refractivity contribution in [1.82, 2.24) is 9.88 Å². The summed E-state index contributed by atoms with van der Waals surface area (Å²) in [6.07, 6.45) is 2.64. The molecule has 3 heteroatoms. The highest BCUT2D eigenvalue weighted by atomic mass is 16.3. The Morgan fingerprint density at radius 3 is 2.81 bits per heavy atom. The van der Waals surface area contributed by atoms with Crippen molar-refractivity contribution in [2.75, 3.05) is 13.1 Å². The lowest BCUT2D eigenvalue weighted by molar-refractivity contribution is 0.328. The van der Waals surface area contributed by atoms with Crippen molar-refractivity contribution in [3.8, 4) is 5.75 Å². The smallest absolute Gasteiger partial charge is 0.117 e. The number of likely N-dealkylation sites (tertiary alicyclic amines) is 1. The van der Waals surface area contributed by atoms with Crippen molar-refractivity contribution in [3.05, 3.63) is 30.0 Å². The van der Waals surface area contributed by atoms with E-state index in [0.717, 1.165) is 12.1 Å². The topological polar surface area (TPSA) is 39.3 Å². The van der Waals surface area contributed by atoms with Crippen molar-refractivity contribution in [2.24, 2.45) is 0 Å². The van der Waals surface area contributed by atoms with E-state index in [1.807, 2.05) is 6.07 Å². The summed E-state index contributed by atoms with van der Waals surface area (Å²) in [5.41, 5.74) is 2.26. The third kappa shape index (κ3) is 1.78. The van der Waals surface area contributed by atoms with Gasteiger partial charge in [-0.05, 0) is 49.5 Å². The Labute approximate surface area is 94.7 Å². The first-order chi connectivity index (χ1) is 7.81. The SMILES string of the molecule is Oc1ccc2cc(CN3CCCC3)[nH]c2c1. The van der Waals surface area contributed by atoms with Crippen LogP contribution in [0.5, 0.6) is 5.75 Å². The minimum Gasteiger partial charge on any atom is -0.508 e. The minimum absolute atomic E-state index is 0.321. The fraction of sp³-hybridized carbons (Fsp3) is 0.385. The van der Waals surface area contributed by atoms with Crippen LogP contribution in [0.15, 0.2) is 24.3 Å². The first-order valence-corrected chi connectivity index (χ1v) is 5.84. The van der Waals surface area contributed by atoms with Crippen LogP contribution in [0.1, 0.15) is 18.5 Å². The lowest BCUT2D eigenvalue weighted by atomic mass is 10.2. The third-order valence-electron chi connectivity index (χ3n) is 3.25. The highest BCUT2D eigenvalue weighted by molar-refractivity contribution is 5.81. The zero-order chi connectivity index (χ0) is 11.0. The molecule has 0 atom stereocenters. The number of benzene rings is 1. The van der Waals surface area contributed by atoms with Crippen LogP contribution in [0, 0.1) is 0 Å². The largest absolute Gasteiger partial charge is 0.508 e. The van der Waals surface area contributed by atoms with Crippen LogP contribution in [-0.4, -0.2) is 28.1 Å². The summed E-state index contributed by atoms with van der Waals surface area (Å²) in [4.78, 5) is 5.82. The van der Waals surface area contributed by atoms with Gasteiger partial charge in [-0.3, -0.25) is 4.90 Å². The lowest BCUT2D eigenvalue weighted by Gasteiger charge is -2.12. The number of phenolic OH excluding ortho intramolecular Hbond substituents is 1. The molecule has 1 aromatic carbocycles. The van der Waals surface area contributed by atoms with E-state index >= 15 is 0 Å². The molecule has 1 saturated heterocycles. The Hall–Kier alpha value is -1.48. The number of aromatic amines is 1. The van der Waals surface area contributed by atoms with Crippen LogP contribution < -0.4 is 0 Å². The second-order valence-corrected chi connectivity index (χ2v) is 4.55. The first kappa shape index (κ1) is 9.73. The maximum atomic E-state index is 9.39. The van der Waals surface area contributed by atoms with Gasteiger partial charge in [-0.15, -0.1) is 0 Å². The van der Waals surface area contributed by atoms with Gasteiger partial charge in [0.1, 0.15) is 5.75 Å². The van der Waals surface area contributed by atoms with Gasteiger partial charge in [0, 0.05) is 23.8 Å².